The van der Waals surface area contributed by atoms with Gasteiger partial charge in [-0.2, -0.15) is 0 Å². The van der Waals surface area contributed by atoms with Crippen LogP contribution in [0.2, 0.25) is 0 Å². The van der Waals surface area contributed by atoms with E-state index in [4.69, 9.17) is 15.0 Å². The zero-order valence-electron chi connectivity index (χ0n) is 16.6. The Labute approximate surface area is 177 Å². The molecule has 1 heterocycles. The third-order valence-electron chi connectivity index (χ3n) is 4.70. The first-order valence-electron chi connectivity index (χ1n) is 9.59. The van der Waals surface area contributed by atoms with Crippen molar-refractivity contribution in [2.24, 2.45) is 5.11 Å². The number of azide groups is 1. The number of rotatable bonds is 13. The summed E-state index contributed by atoms with van der Waals surface area (Å²) in [6, 6.07) is 0. The SMILES string of the molecule is [N-]=[N+]=NCCCCNC(=O)C(O)C(O)C(O[C@@H]1[C@@H](O)[C@H](O)[C@H](O)O[C@H]1CO)C(O)CO. The Bertz CT molecular complexity index is 592. The molecule has 1 saturated heterocycles. The predicted octanol–water partition coefficient (Wildman–Crippen LogP) is -4.55. The van der Waals surface area contributed by atoms with Gasteiger partial charge in [-0.05, 0) is 18.4 Å². The average Bonchev–Trinajstić information content (AvgIpc) is 2.77. The highest BCUT2D eigenvalue weighted by atomic mass is 16.7. The monoisotopic (exact) mass is 454 g/mol. The first-order chi connectivity index (χ1) is 14.7. The Morgan fingerprint density at radius 2 is 1.84 bits per heavy atom. The van der Waals surface area contributed by atoms with Crippen molar-refractivity contribution in [1.82, 2.24) is 5.32 Å². The number of carbonyl (C=O) groups excluding carboxylic acids is 1. The van der Waals surface area contributed by atoms with Crippen LogP contribution in [0.4, 0.5) is 0 Å². The van der Waals surface area contributed by atoms with E-state index in [9.17, 15) is 45.6 Å². The molecule has 9 N–H and O–H groups in total. The molecule has 1 fully saturated rings. The van der Waals surface area contributed by atoms with E-state index in [0.717, 1.165) is 0 Å². The molecule has 15 heteroatoms. The Morgan fingerprint density at radius 1 is 1.16 bits per heavy atom. The van der Waals surface area contributed by atoms with Gasteiger partial charge in [-0.15, -0.1) is 0 Å². The van der Waals surface area contributed by atoms with Crippen LogP contribution in [0.25, 0.3) is 10.4 Å². The van der Waals surface area contributed by atoms with Crippen molar-refractivity contribution in [2.45, 2.75) is 68.0 Å². The summed E-state index contributed by atoms with van der Waals surface area (Å²) in [5, 5.41) is 84.1. The van der Waals surface area contributed by atoms with E-state index in [2.05, 4.69) is 15.3 Å². The van der Waals surface area contributed by atoms with Crippen LogP contribution in [0.3, 0.4) is 0 Å². The number of unbranched alkanes of at least 4 members (excludes halogenated alkanes) is 1. The van der Waals surface area contributed by atoms with E-state index in [1.807, 2.05) is 0 Å². The highest BCUT2D eigenvalue weighted by Crippen LogP contribution is 2.25. The maximum absolute atomic E-state index is 12.1. The smallest absolute Gasteiger partial charge is 0.251 e. The van der Waals surface area contributed by atoms with Crippen LogP contribution >= 0.6 is 0 Å². The van der Waals surface area contributed by atoms with Gasteiger partial charge in [-0.25, -0.2) is 0 Å². The number of hydrogen-bond donors (Lipinski definition) is 9. The average molecular weight is 454 g/mol. The molecule has 0 saturated carbocycles. The minimum atomic E-state index is -2.12. The molecule has 180 valence electrons. The van der Waals surface area contributed by atoms with E-state index in [1.165, 1.54) is 0 Å². The van der Waals surface area contributed by atoms with Crippen molar-refractivity contribution in [3.05, 3.63) is 10.4 Å². The molecule has 4 unspecified atom stereocenters. The van der Waals surface area contributed by atoms with Crippen molar-refractivity contribution in [1.29, 1.82) is 0 Å². The van der Waals surface area contributed by atoms with Crippen LogP contribution in [-0.2, 0) is 14.3 Å². The molecule has 9 atom stereocenters. The molecule has 0 aromatic rings. The second kappa shape index (κ2) is 13.7. The highest BCUT2D eigenvalue weighted by Gasteiger charge is 2.48. The lowest BCUT2D eigenvalue weighted by Gasteiger charge is -2.42. The summed E-state index contributed by atoms with van der Waals surface area (Å²) in [6.07, 6.45) is -15.5. The van der Waals surface area contributed by atoms with Gasteiger partial charge < -0.3 is 55.6 Å². The van der Waals surface area contributed by atoms with E-state index >= 15 is 0 Å². The fourth-order valence-electron chi connectivity index (χ4n) is 2.92. The lowest BCUT2D eigenvalue weighted by atomic mass is 9.97. The van der Waals surface area contributed by atoms with E-state index in [1.54, 1.807) is 0 Å². The second-order valence-corrected chi connectivity index (χ2v) is 6.93. The lowest BCUT2D eigenvalue weighted by molar-refractivity contribution is -0.310. The van der Waals surface area contributed by atoms with Crippen molar-refractivity contribution in [2.75, 3.05) is 26.3 Å². The van der Waals surface area contributed by atoms with E-state index < -0.39 is 74.2 Å². The standard InChI is InChI=1S/C16H30N4O11/c17-20-19-4-2-1-3-18-15(28)11(26)9(24)13(7(23)5-21)31-14-8(6-22)30-16(29)12(27)10(14)25/h7-14,16,21-27,29H,1-6H2,(H,18,28)/t7?,8-,9?,10-,11?,12-,13?,14-,16+/m0/s1. The fourth-order valence-corrected chi connectivity index (χ4v) is 2.92. The molecule has 1 amide bonds. The van der Waals surface area contributed by atoms with Crippen molar-refractivity contribution in [3.8, 4) is 0 Å². The van der Waals surface area contributed by atoms with E-state index in [-0.39, 0.29) is 13.1 Å². The molecule has 1 aliphatic heterocycles. The van der Waals surface area contributed by atoms with Gasteiger partial charge in [-0.3, -0.25) is 4.79 Å². The van der Waals surface area contributed by atoms with Gasteiger partial charge in [0.15, 0.2) is 12.4 Å². The molecule has 1 aliphatic rings. The Balaban J connectivity index is 2.80. The predicted molar refractivity (Wildman–Crippen MR) is 100 cm³/mol. The number of hydrogen-bond acceptors (Lipinski definition) is 12. The highest BCUT2D eigenvalue weighted by molar-refractivity contribution is 5.81. The molecule has 0 bridgehead atoms. The number of amides is 1. The first-order valence-corrected chi connectivity index (χ1v) is 9.59. The molecule has 15 nitrogen and oxygen atoms in total. The molecule has 0 aromatic carbocycles. The minimum absolute atomic E-state index is 0.0868. The van der Waals surface area contributed by atoms with Crippen LogP contribution in [-0.4, -0.2) is 128 Å². The quantitative estimate of drug-likeness (QED) is 0.0554. The zero-order chi connectivity index (χ0) is 23.6. The van der Waals surface area contributed by atoms with Crippen LogP contribution in [0, 0.1) is 0 Å². The van der Waals surface area contributed by atoms with Gasteiger partial charge in [0.25, 0.3) is 5.91 Å². The van der Waals surface area contributed by atoms with Crippen molar-refractivity contribution >= 4 is 5.91 Å². The molecule has 0 spiro atoms. The second-order valence-electron chi connectivity index (χ2n) is 6.93. The maximum Gasteiger partial charge on any atom is 0.251 e. The van der Waals surface area contributed by atoms with Gasteiger partial charge in [0.2, 0.25) is 0 Å². The van der Waals surface area contributed by atoms with Gasteiger partial charge in [0.1, 0.15) is 42.7 Å². The summed E-state index contributed by atoms with van der Waals surface area (Å²) in [6.45, 7) is -1.45. The minimum Gasteiger partial charge on any atom is -0.394 e. The Morgan fingerprint density at radius 3 is 2.42 bits per heavy atom. The maximum atomic E-state index is 12.1. The fraction of sp³-hybridized carbons (Fsp3) is 0.938. The number of aliphatic hydroxyl groups is 8. The first kappa shape index (κ1) is 27.4. The Kier molecular flexibility index (Phi) is 12.1. The third kappa shape index (κ3) is 7.78. The number of nitrogens with one attached hydrogen (secondary N) is 1. The number of ether oxygens (including phenoxy) is 2. The zero-order valence-corrected chi connectivity index (χ0v) is 16.6. The van der Waals surface area contributed by atoms with Gasteiger partial charge in [0, 0.05) is 18.0 Å². The Hall–Kier alpha value is -1.62. The summed E-state index contributed by atoms with van der Waals surface area (Å²) in [4.78, 5) is 14.6. The summed E-state index contributed by atoms with van der Waals surface area (Å²) in [5.41, 5.74) is 8.17. The van der Waals surface area contributed by atoms with Crippen LogP contribution < -0.4 is 5.32 Å². The largest absolute Gasteiger partial charge is 0.394 e. The topological polar surface area (TPSA) is 258 Å². The number of aliphatic hydroxyl groups excluding tert-OH is 8. The summed E-state index contributed by atoms with van der Waals surface area (Å²) < 4.78 is 10.2. The molecule has 1 rings (SSSR count). The third-order valence-corrected chi connectivity index (χ3v) is 4.70. The lowest BCUT2D eigenvalue weighted by Crippen LogP contribution is -2.62. The summed E-state index contributed by atoms with van der Waals surface area (Å²) in [5.74, 6) is -1.02. The molecular weight excluding hydrogens is 424 g/mol. The normalized spacial score (nSPS) is 30.0. The summed E-state index contributed by atoms with van der Waals surface area (Å²) in [7, 11) is 0. The van der Waals surface area contributed by atoms with Crippen molar-refractivity contribution in [3.63, 3.8) is 0 Å². The number of carbonyl (C=O) groups is 1. The van der Waals surface area contributed by atoms with Gasteiger partial charge in [0.05, 0.1) is 13.2 Å². The van der Waals surface area contributed by atoms with E-state index in [0.29, 0.717) is 12.8 Å². The van der Waals surface area contributed by atoms with Crippen LogP contribution in [0.5, 0.6) is 0 Å². The number of nitrogens with zero attached hydrogens (tertiary/aromatic N) is 3. The molecular formula is C16H30N4O11. The summed E-state index contributed by atoms with van der Waals surface area (Å²) >= 11 is 0. The molecule has 0 aliphatic carbocycles. The van der Waals surface area contributed by atoms with Crippen molar-refractivity contribution < 1.29 is 55.1 Å². The molecule has 31 heavy (non-hydrogen) atoms. The molecule has 0 radical (unpaired) electrons. The van der Waals surface area contributed by atoms with Crippen LogP contribution in [0.1, 0.15) is 12.8 Å². The van der Waals surface area contributed by atoms with Crippen LogP contribution in [0.15, 0.2) is 5.11 Å². The molecule has 0 aromatic heterocycles. The van der Waals surface area contributed by atoms with Gasteiger partial charge in [-0.1, -0.05) is 5.11 Å². The van der Waals surface area contributed by atoms with Gasteiger partial charge >= 0.3 is 0 Å².